The Labute approximate surface area is 124 Å². The van der Waals surface area contributed by atoms with Crippen LogP contribution in [0.1, 0.15) is 59.2 Å². The van der Waals surface area contributed by atoms with Crippen LogP contribution >= 0.6 is 0 Å². The molecule has 0 saturated heterocycles. The first kappa shape index (κ1) is 13.2. The summed E-state index contributed by atoms with van der Waals surface area (Å²) in [4.78, 5) is 21.5. The van der Waals surface area contributed by atoms with E-state index in [1.807, 2.05) is 0 Å². The summed E-state index contributed by atoms with van der Waals surface area (Å²) >= 11 is 0. The molecule has 3 atom stereocenters. The molecule has 3 aliphatic rings. The van der Waals surface area contributed by atoms with Crippen LogP contribution in [0.25, 0.3) is 0 Å². The van der Waals surface area contributed by atoms with Crippen LogP contribution in [0, 0.1) is 11.8 Å². The van der Waals surface area contributed by atoms with Gasteiger partial charge in [-0.1, -0.05) is 6.42 Å². The number of aromatic nitrogens is 2. The SMILES string of the molecule is COC(=O)c1nc(C2CC3CCC2C3)nc2c1CCNC2. The maximum absolute atomic E-state index is 12.1. The van der Waals surface area contributed by atoms with E-state index < -0.39 is 0 Å². The van der Waals surface area contributed by atoms with Gasteiger partial charge in [-0.2, -0.15) is 0 Å². The highest BCUT2D eigenvalue weighted by molar-refractivity contribution is 5.89. The van der Waals surface area contributed by atoms with E-state index in [1.165, 1.54) is 32.8 Å². The van der Waals surface area contributed by atoms with Gasteiger partial charge in [0.05, 0.1) is 12.8 Å². The molecule has 2 heterocycles. The lowest BCUT2D eigenvalue weighted by Gasteiger charge is -2.24. The lowest BCUT2D eigenvalue weighted by Crippen LogP contribution is -2.29. The van der Waals surface area contributed by atoms with Gasteiger partial charge >= 0.3 is 5.97 Å². The molecule has 21 heavy (non-hydrogen) atoms. The number of rotatable bonds is 2. The van der Waals surface area contributed by atoms with E-state index in [9.17, 15) is 4.79 Å². The summed E-state index contributed by atoms with van der Waals surface area (Å²) in [5, 5.41) is 3.33. The second-order valence-corrected chi connectivity index (χ2v) is 6.56. The largest absolute Gasteiger partial charge is 0.464 e. The number of carbonyl (C=O) groups excluding carboxylic acids is 1. The van der Waals surface area contributed by atoms with Gasteiger partial charge in [0.2, 0.25) is 0 Å². The molecular weight excluding hydrogens is 266 g/mol. The second kappa shape index (κ2) is 5.05. The van der Waals surface area contributed by atoms with Crippen LogP contribution < -0.4 is 5.32 Å². The molecule has 4 rings (SSSR count). The fourth-order valence-electron chi connectivity index (χ4n) is 4.37. The zero-order valence-electron chi connectivity index (χ0n) is 12.4. The lowest BCUT2D eigenvalue weighted by molar-refractivity contribution is 0.0591. The predicted molar refractivity (Wildman–Crippen MR) is 77.0 cm³/mol. The Hall–Kier alpha value is -1.49. The van der Waals surface area contributed by atoms with Crippen LogP contribution in [-0.4, -0.2) is 29.6 Å². The summed E-state index contributed by atoms with van der Waals surface area (Å²) in [6, 6.07) is 0. The number of hydrogen-bond donors (Lipinski definition) is 1. The van der Waals surface area contributed by atoms with Crippen molar-refractivity contribution in [2.24, 2.45) is 11.8 Å². The summed E-state index contributed by atoms with van der Waals surface area (Å²) in [5.41, 5.74) is 2.48. The maximum Gasteiger partial charge on any atom is 0.357 e. The third-order valence-electron chi connectivity index (χ3n) is 5.40. The van der Waals surface area contributed by atoms with Crippen molar-refractivity contribution in [3.8, 4) is 0 Å². The fraction of sp³-hybridized carbons (Fsp3) is 0.688. The van der Waals surface area contributed by atoms with Gasteiger partial charge in [0.25, 0.3) is 0 Å². The first-order valence-corrected chi connectivity index (χ1v) is 7.95. The van der Waals surface area contributed by atoms with E-state index in [1.54, 1.807) is 0 Å². The van der Waals surface area contributed by atoms with Gasteiger partial charge < -0.3 is 10.1 Å². The average molecular weight is 287 g/mol. The van der Waals surface area contributed by atoms with Crippen molar-refractivity contribution in [3.05, 3.63) is 22.8 Å². The number of nitrogens with one attached hydrogen (secondary N) is 1. The lowest BCUT2D eigenvalue weighted by atomic mass is 9.88. The molecule has 1 aromatic rings. The smallest absolute Gasteiger partial charge is 0.357 e. The molecule has 2 fully saturated rings. The molecule has 2 saturated carbocycles. The molecule has 1 N–H and O–H groups in total. The number of hydrogen-bond acceptors (Lipinski definition) is 5. The van der Waals surface area contributed by atoms with Gasteiger partial charge in [0.1, 0.15) is 5.82 Å². The first-order chi connectivity index (χ1) is 10.3. The quantitative estimate of drug-likeness (QED) is 0.841. The third kappa shape index (κ3) is 2.14. The first-order valence-electron chi connectivity index (χ1n) is 7.95. The molecule has 112 valence electrons. The topological polar surface area (TPSA) is 64.1 Å². The minimum Gasteiger partial charge on any atom is -0.464 e. The van der Waals surface area contributed by atoms with Crippen LogP contribution in [0.5, 0.6) is 0 Å². The average Bonchev–Trinajstić information content (AvgIpc) is 3.16. The number of ether oxygens (including phenoxy) is 1. The van der Waals surface area contributed by atoms with E-state index in [0.717, 1.165) is 48.4 Å². The third-order valence-corrected chi connectivity index (χ3v) is 5.40. The van der Waals surface area contributed by atoms with Crippen molar-refractivity contribution in [2.75, 3.05) is 13.7 Å². The van der Waals surface area contributed by atoms with Crippen LogP contribution in [0.2, 0.25) is 0 Å². The second-order valence-electron chi connectivity index (χ2n) is 6.56. The standard InChI is InChI=1S/C16H21N3O2/c1-21-16(20)14-11-4-5-17-8-13(11)18-15(19-14)12-7-9-2-3-10(12)6-9/h9-10,12,17H,2-8H2,1H3. The van der Waals surface area contributed by atoms with Crippen LogP contribution in [0.4, 0.5) is 0 Å². The van der Waals surface area contributed by atoms with Gasteiger partial charge in [0, 0.05) is 18.0 Å². The number of fused-ring (bicyclic) bond motifs is 3. The van der Waals surface area contributed by atoms with Crippen LogP contribution in [0.3, 0.4) is 0 Å². The zero-order chi connectivity index (χ0) is 14.4. The van der Waals surface area contributed by atoms with Gasteiger partial charge in [-0.05, 0) is 44.1 Å². The number of methoxy groups -OCH3 is 1. The molecule has 1 aliphatic heterocycles. The van der Waals surface area contributed by atoms with Crippen molar-refractivity contribution in [1.29, 1.82) is 0 Å². The maximum atomic E-state index is 12.1. The molecule has 1 aromatic heterocycles. The van der Waals surface area contributed by atoms with Gasteiger partial charge in [-0.15, -0.1) is 0 Å². The number of esters is 1. The Morgan fingerprint density at radius 1 is 1.29 bits per heavy atom. The summed E-state index contributed by atoms with van der Waals surface area (Å²) in [6.45, 7) is 1.60. The molecule has 5 heteroatoms. The highest BCUT2D eigenvalue weighted by Gasteiger charge is 2.42. The summed E-state index contributed by atoms with van der Waals surface area (Å²) in [7, 11) is 1.43. The van der Waals surface area contributed by atoms with E-state index in [-0.39, 0.29) is 5.97 Å². The molecule has 2 bridgehead atoms. The van der Waals surface area contributed by atoms with E-state index in [2.05, 4.69) is 10.3 Å². The number of nitrogens with zero attached hydrogens (tertiary/aromatic N) is 2. The van der Waals surface area contributed by atoms with Crippen LogP contribution in [0.15, 0.2) is 0 Å². The Morgan fingerprint density at radius 2 is 2.19 bits per heavy atom. The fourth-order valence-corrected chi connectivity index (χ4v) is 4.37. The van der Waals surface area contributed by atoms with E-state index in [4.69, 9.17) is 9.72 Å². The van der Waals surface area contributed by atoms with Crippen molar-refractivity contribution in [1.82, 2.24) is 15.3 Å². The molecule has 3 unspecified atom stereocenters. The van der Waals surface area contributed by atoms with E-state index in [0.29, 0.717) is 11.6 Å². The highest BCUT2D eigenvalue weighted by atomic mass is 16.5. The Kier molecular flexibility index (Phi) is 3.17. The minimum atomic E-state index is -0.319. The summed E-state index contributed by atoms with van der Waals surface area (Å²) in [5.74, 6) is 2.57. The Morgan fingerprint density at radius 3 is 2.90 bits per heavy atom. The normalized spacial score (nSPS) is 30.2. The monoisotopic (exact) mass is 287 g/mol. The minimum absolute atomic E-state index is 0.319. The van der Waals surface area contributed by atoms with Crippen molar-refractivity contribution in [2.45, 2.75) is 44.6 Å². The van der Waals surface area contributed by atoms with Crippen molar-refractivity contribution < 1.29 is 9.53 Å². The molecule has 0 aromatic carbocycles. The summed E-state index contributed by atoms with van der Waals surface area (Å²) < 4.78 is 4.93. The molecule has 0 spiro atoms. The molecular formula is C16H21N3O2. The van der Waals surface area contributed by atoms with Gasteiger partial charge in [-0.3, -0.25) is 0 Å². The highest BCUT2D eigenvalue weighted by Crippen LogP contribution is 2.52. The molecule has 2 aliphatic carbocycles. The van der Waals surface area contributed by atoms with Gasteiger partial charge in [0.15, 0.2) is 5.69 Å². The number of carbonyl (C=O) groups is 1. The zero-order valence-corrected chi connectivity index (χ0v) is 12.4. The predicted octanol–water partition coefficient (Wildman–Crippen LogP) is 1.81. The molecule has 5 nitrogen and oxygen atoms in total. The van der Waals surface area contributed by atoms with Crippen molar-refractivity contribution >= 4 is 5.97 Å². The Bertz CT molecular complexity index is 587. The Balaban J connectivity index is 1.76. The molecule has 0 radical (unpaired) electrons. The van der Waals surface area contributed by atoms with Crippen LogP contribution in [-0.2, 0) is 17.7 Å². The van der Waals surface area contributed by atoms with E-state index >= 15 is 0 Å². The van der Waals surface area contributed by atoms with Crippen molar-refractivity contribution in [3.63, 3.8) is 0 Å². The summed E-state index contributed by atoms with van der Waals surface area (Å²) in [6.07, 6.45) is 5.96. The molecule has 0 amide bonds. The van der Waals surface area contributed by atoms with Gasteiger partial charge in [-0.25, -0.2) is 14.8 Å².